The van der Waals surface area contributed by atoms with Gasteiger partial charge in [0.15, 0.2) is 0 Å². The number of anilines is 1. The van der Waals surface area contributed by atoms with Crippen LogP contribution in [0.2, 0.25) is 0 Å². The Morgan fingerprint density at radius 1 is 1.00 bits per heavy atom. The van der Waals surface area contributed by atoms with Crippen LogP contribution in [0.5, 0.6) is 0 Å². The van der Waals surface area contributed by atoms with Crippen molar-refractivity contribution in [3.63, 3.8) is 0 Å². The first kappa shape index (κ1) is 25.2. The normalized spacial score (nSPS) is 12.3. The largest absolute Gasteiger partial charge is 0.368 e. The van der Waals surface area contributed by atoms with Gasteiger partial charge in [0.05, 0.1) is 31.2 Å². The molecule has 8 nitrogen and oxygen atoms in total. The summed E-state index contributed by atoms with van der Waals surface area (Å²) >= 11 is 1.64. The van der Waals surface area contributed by atoms with Gasteiger partial charge in [0, 0.05) is 29.9 Å². The smallest absolute Gasteiger partial charge is 0.243 e. The molecule has 0 spiro atoms. The van der Waals surface area contributed by atoms with Crippen LogP contribution in [0.4, 0.5) is 17.1 Å². The number of azo groups is 1. The zero-order chi connectivity index (χ0) is 25.5. The van der Waals surface area contributed by atoms with Crippen LogP contribution in [0.3, 0.4) is 0 Å². The van der Waals surface area contributed by atoms with Crippen LogP contribution in [0, 0.1) is 13.8 Å². The first-order valence-corrected chi connectivity index (χ1v) is 12.8. The van der Waals surface area contributed by atoms with E-state index in [2.05, 4.69) is 90.7 Å². The summed E-state index contributed by atoms with van der Waals surface area (Å²) in [5.41, 5.74) is 4.97. The second-order valence-electron chi connectivity index (χ2n) is 8.63. The van der Waals surface area contributed by atoms with Crippen molar-refractivity contribution in [1.82, 2.24) is 9.13 Å². The van der Waals surface area contributed by atoms with E-state index < -0.39 is 0 Å². The van der Waals surface area contributed by atoms with Gasteiger partial charge in [0.1, 0.15) is 18.9 Å². The molecule has 4 aromatic rings. The number of hydrogen-bond acceptors (Lipinski definition) is 6. The van der Waals surface area contributed by atoms with Crippen LogP contribution in [0.25, 0.3) is 0 Å². The Kier molecular flexibility index (Phi) is 8.22. The summed E-state index contributed by atoms with van der Waals surface area (Å²) in [6.07, 6.45) is 8.00. The van der Waals surface area contributed by atoms with E-state index in [-0.39, 0.29) is 0 Å². The summed E-state index contributed by atoms with van der Waals surface area (Å²) in [5, 5.41) is 17.4. The fraction of sp³-hybridized carbons (Fsp3) is 0.296. The topological polar surface area (TPSA) is 66.4 Å². The Morgan fingerprint density at radius 2 is 1.67 bits per heavy atom. The van der Waals surface area contributed by atoms with Gasteiger partial charge < -0.3 is 9.47 Å². The molecular formula is C27H33N8S+. The molecule has 2 aromatic heterocycles. The quantitative estimate of drug-likeness (QED) is 0.134. The van der Waals surface area contributed by atoms with Gasteiger partial charge in [-0.3, -0.25) is 0 Å². The van der Waals surface area contributed by atoms with Gasteiger partial charge in [-0.25, -0.2) is 9.13 Å². The number of benzene rings is 2. The zero-order valence-electron chi connectivity index (χ0n) is 21.5. The maximum atomic E-state index is 4.40. The summed E-state index contributed by atoms with van der Waals surface area (Å²) in [6, 6.07) is 16.0. The molecule has 0 N–H and O–H groups in total. The minimum Gasteiger partial charge on any atom is -0.368 e. The second kappa shape index (κ2) is 11.7. The van der Waals surface area contributed by atoms with Crippen LogP contribution >= 0.6 is 11.3 Å². The maximum absolute atomic E-state index is 4.40. The van der Waals surface area contributed by atoms with E-state index in [1.165, 1.54) is 16.3 Å². The van der Waals surface area contributed by atoms with E-state index in [9.17, 15) is 0 Å². The molecule has 0 bridgehead atoms. The highest BCUT2D eigenvalue weighted by Crippen LogP contribution is 2.22. The third-order valence-electron chi connectivity index (χ3n) is 6.12. The predicted molar refractivity (Wildman–Crippen MR) is 146 cm³/mol. The Balaban J connectivity index is 1.34. The summed E-state index contributed by atoms with van der Waals surface area (Å²) in [7, 11) is 4.04. The molecule has 0 radical (unpaired) electrons. The number of aryl methyl sites for hydroxylation is 2. The molecule has 0 saturated carbocycles. The van der Waals surface area contributed by atoms with E-state index in [0.29, 0.717) is 0 Å². The summed E-state index contributed by atoms with van der Waals surface area (Å²) < 4.78 is 6.31. The lowest BCUT2D eigenvalue weighted by atomic mass is 10.2. The number of likely N-dealkylation sites (N-methyl/N-ethyl adjacent to an activating group) is 1. The number of nitrogens with zero attached hydrogens (tertiary/aromatic N) is 8. The summed E-state index contributed by atoms with van der Waals surface area (Å²) in [5.74, 6) is 0. The number of aromatic nitrogens is 3. The highest BCUT2D eigenvalue weighted by Gasteiger charge is 2.07. The van der Waals surface area contributed by atoms with Crippen LogP contribution in [-0.4, -0.2) is 28.4 Å². The average Bonchev–Trinajstić information content (AvgIpc) is 3.42. The van der Waals surface area contributed by atoms with Crippen molar-refractivity contribution in [2.45, 2.75) is 27.3 Å². The minimum atomic E-state index is 0.791. The highest BCUT2D eigenvalue weighted by atomic mass is 32.1. The van der Waals surface area contributed by atoms with Gasteiger partial charge in [-0.05, 0) is 62.7 Å². The lowest BCUT2D eigenvalue weighted by Gasteiger charge is -2.22. The van der Waals surface area contributed by atoms with Crippen LogP contribution in [-0.2, 0) is 20.6 Å². The molecule has 36 heavy (non-hydrogen) atoms. The zero-order valence-corrected chi connectivity index (χ0v) is 22.4. The molecule has 0 amide bonds. The molecule has 0 fully saturated rings. The monoisotopic (exact) mass is 501 g/mol. The van der Waals surface area contributed by atoms with Gasteiger partial charge in [-0.1, -0.05) is 12.1 Å². The van der Waals surface area contributed by atoms with Gasteiger partial charge in [0.2, 0.25) is 11.1 Å². The Hall–Kier alpha value is -3.85. The summed E-state index contributed by atoms with van der Waals surface area (Å²) in [6.45, 7) is 9.19. The number of imidazole rings is 1. The molecule has 0 aliphatic carbocycles. The van der Waals surface area contributed by atoms with Crippen molar-refractivity contribution in [3.05, 3.63) is 88.2 Å². The number of thiazole rings is 1. The van der Waals surface area contributed by atoms with Crippen LogP contribution in [0.1, 0.15) is 23.1 Å². The highest BCUT2D eigenvalue weighted by molar-refractivity contribution is 7.09. The SMILES string of the molecule is CCN(CCn1cc[n+](C)c1)c1ccc(N=Nc2ccc(/C=N/N=c3/sc(C)c(C)n3C)cc2)cc1. The first-order valence-electron chi connectivity index (χ1n) is 12.0. The van der Waals surface area contributed by atoms with E-state index in [1.807, 2.05) is 50.5 Å². The first-order chi connectivity index (χ1) is 17.4. The predicted octanol–water partition coefficient (Wildman–Crippen LogP) is 5.21. The number of rotatable bonds is 9. The molecule has 4 rings (SSSR count). The third kappa shape index (κ3) is 6.42. The third-order valence-corrected chi connectivity index (χ3v) is 7.26. The lowest BCUT2D eigenvalue weighted by molar-refractivity contribution is -0.671. The molecule has 0 aliphatic rings. The summed E-state index contributed by atoms with van der Waals surface area (Å²) in [4.78, 5) is 4.49. The Labute approximate surface area is 216 Å². The van der Waals surface area contributed by atoms with E-state index in [1.54, 1.807) is 17.6 Å². The minimum absolute atomic E-state index is 0.791. The fourth-order valence-corrected chi connectivity index (χ4v) is 4.62. The molecule has 0 atom stereocenters. The van der Waals surface area contributed by atoms with Crippen molar-refractivity contribution in [2.75, 3.05) is 18.0 Å². The lowest BCUT2D eigenvalue weighted by Crippen LogP contribution is -2.28. The standard InChI is InChI=1S/C27H33N8S/c1-6-35(18-17-34-16-15-32(4)20-34)26-13-11-25(12-14-26)30-29-24-9-7-23(8-10-24)19-28-31-27-33(5)21(2)22(3)36-27/h7-16,19-20H,6,17-18H2,1-5H3/q+1/b28-19+,30-29?,31-27+. The van der Waals surface area contributed by atoms with Crippen LogP contribution < -0.4 is 14.3 Å². The van der Waals surface area contributed by atoms with Crippen molar-refractivity contribution in [3.8, 4) is 0 Å². The molecule has 2 aromatic carbocycles. The molecule has 0 saturated heterocycles. The molecule has 0 aliphatic heterocycles. The fourth-order valence-electron chi connectivity index (χ4n) is 3.70. The van der Waals surface area contributed by atoms with E-state index in [4.69, 9.17) is 0 Å². The van der Waals surface area contributed by atoms with Gasteiger partial charge in [0.25, 0.3) is 0 Å². The molecule has 2 heterocycles. The van der Waals surface area contributed by atoms with Gasteiger partial charge in [-0.2, -0.15) is 15.3 Å². The van der Waals surface area contributed by atoms with Crippen molar-refractivity contribution >= 4 is 34.6 Å². The molecule has 9 heteroatoms. The average molecular weight is 502 g/mol. The second-order valence-corrected chi connectivity index (χ2v) is 9.82. The number of hydrogen-bond donors (Lipinski definition) is 0. The Bertz CT molecular complexity index is 1410. The van der Waals surface area contributed by atoms with Gasteiger partial charge in [-0.15, -0.1) is 16.4 Å². The van der Waals surface area contributed by atoms with E-state index >= 15 is 0 Å². The maximum Gasteiger partial charge on any atom is 0.243 e. The molecule has 0 unspecified atom stereocenters. The molecule has 186 valence electrons. The Morgan fingerprint density at radius 3 is 2.22 bits per heavy atom. The van der Waals surface area contributed by atoms with Crippen molar-refractivity contribution < 1.29 is 4.57 Å². The van der Waals surface area contributed by atoms with E-state index in [0.717, 1.165) is 41.4 Å². The van der Waals surface area contributed by atoms with Crippen molar-refractivity contribution in [2.24, 2.45) is 34.5 Å². The molecular weight excluding hydrogens is 468 g/mol. The van der Waals surface area contributed by atoms with Crippen LogP contribution in [0.15, 0.2) is 87.7 Å². The van der Waals surface area contributed by atoms with Crippen molar-refractivity contribution in [1.29, 1.82) is 0 Å². The van der Waals surface area contributed by atoms with Gasteiger partial charge >= 0.3 is 0 Å².